The van der Waals surface area contributed by atoms with Gasteiger partial charge in [-0.1, -0.05) is 0 Å². The average molecular weight is 132 g/mol. The maximum Gasteiger partial charge on any atom is 0.237 e. The molecule has 1 saturated heterocycles. The number of carbonyl (C=O) groups is 1. The first-order valence-electron chi connectivity index (χ1n) is 2.86. The molecule has 0 aliphatic carbocycles. The number of halogens is 1. The van der Waals surface area contributed by atoms with Crippen LogP contribution in [0.5, 0.6) is 0 Å². The standard InChI is InChI=1S/C5H9FN2O/c6-2-3-1-4(7)5(9)8-3/h3-4H,1-2,7H2,(H,8,9)/t3?,4-/m1/s1. The van der Waals surface area contributed by atoms with Gasteiger partial charge in [0.05, 0.1) is 12.1 Å². The second-order valence-corrected chi connectivity index (χ2v) is 2.20. The van der Waals surface area contributed by atoms with Crippen molar-refractivity contribution in [3.05, 3.63) is 0 Å². The van der Waals surface area contributed by atoms with E-state index in [1.54, 1.807) is 0 Å². The minimum Gasteiger partial charge on any atom is -0.349 e. The molecule has 0 aromatic heterocycles. The minimum atomic E-state index is -0.514. The van der Waals surface area contributed by atoms with E-state index in [1.807, 2.05) is 0 Å². The molecular formula is C5H9FN2O. The smallest absolute Gasteiger partial charge is 0.237 e. The predicted octanol–water partition coefficient (Wildman–Crippen LogP) is -0.828. The zero-order valence-corrected chi connectivity index (χ0v) is 4.93. The highest BCUT2D eigenvalue weighted by Crippen LogP contribution is 2.05. The first-order valence-corrected chi connectivity index (χ1v) is 2.86. The summed E-state index contributed by atoms with van der Waals surface area (Å²) in [6.07, 6.45) is 0.426. The Bertz CT molecular complexity index is 128. The van der Waals surface area contributed by atoms with Crippen LogP contribution in [0.4, 0.5) is 4.39 Å². The fourth-order valence-corrected chi connectivity index (χ4v) is 0.882. The molecule has 1 heterocycles. The highest BCUT2D eigenvalue weighted by Gasteiger charge is 2.28. The van der Waals surface area contributed by atoms with Crippen molar-refractivity contribution in [2.45, 2.75) is 18.5 Å². The topological polar surface area (TPSA) is 55.1 Å². The van der Waals surface area contributed by atoms with Gasteiger partial charge in [-0.3, -0.25) is 4.79 Å². The summed E-state index contributed by atoms with van der Waals surface area (Å²) in [6.45, 7) is -0.514. The Hall–Kier alpha value is -0.640. The van der Waals surface area contributed by atoms with Crippen LogP contribution in [0.3, 0.4) is 0 Å². The van der Waals surface area contributed by atoms with Crippen LogP contribution in [0.25, 0.3) is 0 Å². The average Bonchev–Trinajstić information content (AvgIpc) is 2.13. The van der Waals surface area contributed by atoms with Gasteiger partial charge < -0.3 is 11.1 Å². The van der Waals surface area contributed by atoms with E-state index in [-0.39, 0.29) is 11.9 Å². The normalized spacial score (nSPS) is 34.7. The first-order chi connectivity index (χ1) is 4.24. The summed E-state index contributed by atoms with van der Waals surface area (Å²) in [7, 11) is 0. The molecule has 3 N–H and O–H groups in total. The van der Waals surface area contributed by atoms with Gasteiger partial charge in [-0.15, -0.1) is 0 Å². The highest BCUT2D eigenvalue weighted by molar-refractivity contribution is 5.84. The number of hydrogen-bond donors (Lipinski definition) is 2. The number of nitrogens with two attached hydrogens (primary N) is 1. The SMILES string of the molecule is N[C@@H]1CC(CF)NC1=O. The third-order valence-electron chi connectivity index (χ3n) is 1.41. The van der Waals surface area contributed by atoms with E-state index in [1.165, 1.54) is 0 Å². The van der Waals surface area contributed by atoms with Crippen molar-refractivity contribution in [3.8, 4) is 0 Å². The molecule has 0 bridgehead atoms. The molecule has 0 aromatic rings. The highest BCUT2D eigenvalue weighted by atomic mass is 19.1. The summed E-state index contributed by atoms with van der Waals surface area (Å²) < 4.78 is 11.8. The van der Waals surface area contributed by atoms with E-state index in [2.05, 4.69) is 5.32 Å². The molecule has 1 aliphatic rings. The molecular weight excluding hydrogens is 123 g/mol. The van der Waals surface area contributed by atoms with Gasteiger partial charge in [-0.25, -0.2) is 4.39 Å². The van der Waals surface area contributed by atoms with Gasteiger partial charge in [0.25, 0.3) is 0 Å². The van der Waals surface area contributed by atoms with Gasteiger partial charge in [-0.2, -0.15) is 0 Å². The lowest BCUT2D eigenvalue weighted by Crippen LogP contribution is -2.31. The van der Waals surface area contributed by atoms with Gasteiger partial charge in [0.15, 0.2) is 0 Å². The Labute approximate surface area is 52.4 Å². The summed E-state index contributed by atoms with van der Waals surface area (Å²) in [5, 5.41) is 2.41. The van der Waals surface area contributed by atoms with Crippen LogP contribution in [0, 0.1) is 0 Å². The Kier molecular flexibility index (Phi) is 1.66. The lowest BCUT2D eigenvalue weighted by atomic mass is 10.2. The molecule has 0 spiro atoms. The Morgan fingerprint density at radius 1 is 1.89 bits per heavy atom. The molecule has 1 amide bonds. The van der Waals surface area contributed by atoms with Crippen LogP contribution >= 0.6 is 0 Å². The summed E-state index contributed by atoms with van der Waals surface area (Å²) in [5.74, 6) is -0.238. The van der Waals surface area contributed by atoms with Gasteiger partial charge in [0.1, 0.15) is 6.67 Å². The van der Waals surface area contributed by atoms with Crippen molar-refractivity contribution in [2.75, 3.05) is 6.67 Å². The fourth-order valence-electron chi connectivity index (χ4n) is 0.882. The summed E-state index contributed by atoms with van der Waals surface area (Å²) in [4.78, 5) is 10.5. The van der Waals surface area contributed by atoms with E-state index in [0.29, 0.717) is 6.42 Å². The summed E-state index contributed by atoms with van der Waals surface area (Å²) in [5.41, 5.74) is 5.27. The summed E-state index contributed by atoms with van der Waals surface area (Å²) >= 11 is 0. The quantitative estimate of drug-likeness (QED) is 0.489. The number of nitrogens with one attached hydrogen (secondary N) is 1. The molecule has 1 aliphatic heterocycles. The van der Waals surface area contributed by atoms with Gasteiger partial charge in [0.2, 0.25) is 5.91 Å². The molecule has 1 rings (SSSR count). The van der Waals surface area contributed by atoms with Crippen LogP contribution in [-0.2, 0) is 4.79 Å². The van der Waals surface area contributed by atoms with Crippen molar-refractivity contribution >= 4 is 5.91 Å². The van der Waals surface area contributed by atoms with E-state index in [9.17, 15) is 9.18 Å². The zero-order chi connectivity index (χ0) is 6.85. The molecule has 3 nitrogen and oxygen atoms in total. The largest absolute Gasteiger partial charge is 0.349 e. The Morgan fingerprint density at radius 2 is 2.56 bits per heavy atom. The van der Waals surface area contributed by atoms with Crippen molar-refractivity contribution in [1.29, 1.82) is 0 Å². The molecule has 9 heavy (non-hydrogen) atoms. The lowest BCUT2D eigenvalue weighted by molar-refractivity contribution is -0.120. The van der Waals surface area contributed by atoms with Crippen LogP contribution in [0.2, 0.25) is 0 Å². The second kappa shape index (κ2) is 2.31. The lowest BCUT2D eigenvalue weighted by Gasteiger charge is -1.99. The van der Waals surface area contributed by atoms with Crippen LogP contribution < -0.4 is 11.1 Å². The maximum absolute atomic E-state index is 11.8. The number of rotatable bonds is 1. The maximum atomic E-state index is 11.8. The van der Waals surface area contributed by atoms with Crippen LogP contribution in [0.15, 0.2) is 0 Å². The molecule has 1 unspecified atom stereocenters. The monoisotopic (exact) mass is 132 g/mol. The van der Waals surface area contributed by atoms with Crippen molar-refractivity contribution < 1.29 is 9.18 Å². The van der Waals surface area contributed by atoms with Crippen LogP contribution in [-0.4, -0.2) is 24.7 Å². The van der Waals surface area contributed by atoms with E-state index < -0.39 is 12.7 Å². The summed E-state index contributed by atoms with van der Waals surface area (Å²) in [6, 6.07) is -0.835. The van der Waals surface area contributed by atoms with Crippen molar-refractivity contribution in [2.24, 2.45) is 5.73 Å². The van der Waals surface area contributed by atoms with Crippen LogP contribution in [0.1, 0.15) is 6.42 Å². The van der Waals surface area contributed by atoms with Gasteiger partial charge in [-0.05, 0) is 6.42 Å². The third kappa shape index (κ3) is 1.18. The fraction of sp³-hybridized carbons (Fsp3) is 0.800. The minimum absolute atomic E-state index is 0.238. The number of hydrogen-bond acceptors (Lipinski definition) is 2. The van der Waals surface area contributed by atoms with Gasteiger partial charge in [0, 0.05) is 0 Å². The van der Waals surface area contributed by atoms with E-state index in [4.69, 9.17) is 5.73 Å². The van der Waals surface area contributed by atoms with Gasteiger partial charge >= 0.3 is 0 Å². The molecule has 1 fully saturated rings. The molecule has 0 aromatic carbocycles. The Balaban J connectivity index is 2.44. The molecule has 2 atom stereocenters. The molecule has 0 saturated carbocycles. The van der Waals surface area contributed by atoms with E-state index in [0.717, 1.165) is 0 Å². The van der Waals surface area contributed by atoms with E-state index >= 15 is 0 Å². The first kappa shape index (κ1) is 6.48. The molecule has 52 valence electrons. The molecule has 0 radical (unpaired) electrons. The van der Waals surface area contributed by atoms with Crippen molar-refractivity contribution in [1.82, 2.24) is 5.32 Å². The molecule has 4 heteroatoms. The predicted molar refractivity (Wildman–Crippen MR) is 30.5 cm³/mol. The number of carbonyl (C=O) groups excluding carboxylic acids is 1. The number of amides is 1. The zero-order valence-electron chi connectivity index (χ0n) is 4.93. The number of alkyl halides is 1. The Morgan fingerprint density at radius 3 is 2.78 bits per heavy atom. The van der Waals surface area contributed by atoms with Crippen molar-refractivity contribution in [3.63, 3.8) is 0 Å². The second-order valence-electron chi connectivity index (χ2n) is 2.20. The third-order valence-corrected chi connectivity index (χ3v) is 1.41.